The van der Waals surface area contributed by atoms with Gasteiger partial charge in [-0.25, -0.2) is 27.5 Å². The molecule has 3 heterocycles. The van der Waals surface area contributed by atoms with E-state index in [-0.39, 0.29) is 47.8 Å². The van der Waals surface area contributed by atoms with Gasteiger partial charge in [0.1, 0.15) is 29.3 Å². The first-order valence-corrected chi connectivity index (χ1v) is 13.4. The summed E-state index contributed by atoms with van der Waals surface area (Å²) in [5.74, 6) is -0.811. The first kappa shape index (κ1) is 24.4. The molecule has 11 heteroatoms. The van der Waals surface area contributed by atoms with Crippen LogP contribution in [0.1, 0.15) is 48.9 Å². The third kappa shape index (κ3) is 4.35. The topological polar surface area (TPSA) is 76.9 Å². The van der Waals surface area contributed by atoms with Crippen molar-refractivity contribution in [1.82, 2.24) is 14.5 Å². The van der Waals surface area contributed by atoms with Gasteiger partial charge in [0.15, 0.2) is 0 Å². The molecular formula is C23H25F4N4O2P. The minimum Gasteiger partial charge on any atom is -0.363 e. The van der Waals surface area contributed by atoms with Crippen molar-refractivity contribution in [2.45, 2.75) is 37.9 Å². The van der Waals surface area contributed by atoms with E-state index in [0.717, 1.165) is 6.07 Å². The van der Waals surface area contributed by atoms with Gasteiger partial charge >= 0.3 is 0 Å². The summed E-state index contributed by atoms with van der Waals surface area (Å²) < 4.78 is 70.4. The van der Waals surface area contributed by atoms with E-state index in [1.165, 1.54) is 36.1 Å². The predicted octanol–water partition coefficient (Wildman–Crippen LogP) is 5.53. The van der Waals surface area contributed by atoms with Crippen LogP contribution in [-0.4, -0.2) is 33.5 Å². The smallest absolute Gasteiger partial charge is 0.266 e. The van der Waals surface area contributed by atoms with Gasteiger partial charge in [-0.15, -0.1) is 0 Å². The number of anilines is 1. The largest absolute Gasteiger partial charge is 0.363 e. The van der Waals surface area contributed by atoms with Gasteiger partial charge in [0, 0.05) is 24.9 Å². The number of fused-ring (bicyclic) bond motifs is 1. The van der Waals surface area contributed by atoms with Crippen molar-refractivity contribution in [3.8, 4) is 0 Å². The van der Waals surface area contributed by atoms with Gasteiger partial charge in [-0.1, -0.05) is 18.2 Å². The third-order valence-corrected chi connectivity index (χ3v) is 8.90. The fraction of sp³-hybridized carbons (Fsp3) is 0.435. The molecule has 34 heavy (non-hydrogen) atoms. The fourth-order valence-electron chi connectivity index (χ4n) is 4.39. The van der Waals surface area contributed by atoms with Crippen LogP contribution in [0.4, 0.5) is 23.4 Å². The Balaban J connectivity index is 1.78. The van der Waals surface area contributed by atoms with Crippen molar-refractivity contribution >= 4 is 24.0 Å². The number of rotatable bonds is 5. The van der Waals surface area contributed by atoms with Crippen LogP contribution in [0.5, 0.6) is 0 Å². The van der Waals surface area contributed by atoms with E-state index in [1.54, 1.807) is 13.6 Å². The van der Waals surface area contributed by atoms with E-state index < -0.39 is 42.2 Å². The van der Waals surface area contributed by atoms with Crippen molar-refractivity contribution in [1.29, 1.82) is 0 Å². The van der Waals surface area contributed by atoms with Gasteiger partial charge in [0.05, 0.1) is 29.7 Å². The highest BCUT2D eigenvalue weighted by Crippen LogP contribution is 2.53. The van der Waals surface area contributed by atoms with Gasteiger partial charge in [-0.2, -0.15) is 0 Å². The molecule has 0 saturated carbocycles. The molecule has 0 spiro atoms. The molecular weight excluding hydrogens is 471 g/mol. The zero-order valence-electron chi connectivity index (χ0n) is 19.0. The minimum absolute atomic E-state index is 0.0162. The number of nitrogens with one attached hydrogen (secondary N) is 1. The van der Waals surface area contributed by atoms with E-state index in [2.05, 4.69) is 15.3 Å². The van der Waals surface area contributed by atoms with Crippen molar-refractivity contribution in [3.63, 3.8) is 0 Å². The number of halogens is 4. The molecule has 1 aliphatic rings. The Hall–Kier alpha value is -2.74. The maximum absolute atomic E-state index is 15.9. The number of hydrogen-bond donors (Lipinski definition) is 1. The van der Waals surface area contributed by atoms with Crippen LogP contribution < -0.4 is 10.9 Å². The lowest BCUT2D eigenvalue weighted by atomic mass is 9.90. The highest BCUT2D eigenvalue weighted by molar-refractivity contribution is 7.63. The van der Waals surface area contributed by atoms with Gasteiger partial charge in [0.2, 0.25) is 0 Å². The van der Waals surface area contributed by atoms with E-state index in [9.17, 15) is 22.5 Å². The highest BCUT2D eigenvalue weighted by Gasteiger charge is 2.42. The number of hydrogen-bond acceptors (Lipinski definition) is 5. The van der Waals surface area contributed by atoms with Crippen LogP contribution in [0, 0.1) is 5.82 Å². The SMILES string of the molecule is C[C@@H](Nc1ncnc2c1cc(C1(F)CCP(C)(=O)CC1)c(=O)n2C)c1cccc(C(F)F)c1F. The summed E-state index contributed by atoms with van der Waals surface area (Å²) in [4.78, 5) is 21.3. The summed E-state index contributed by atoms with van der Waals surface area (Å²) in [6.45, 7) is 3.23. The standard InChI is InChI=1S/C23H25F4N4O2P/c1-13(14-5-4-6-15(18(14)24)19(25)26)30-20-16-11-17(22(32)31(2)21(16)29-12-28-20)23(27)7-9-34(3,33)10-8-23/h4-6,11-13,19H,7-10H2,1-3H3,(H,28,29,30)/t13-,23?,34?/m1/s1. The number of aromatic nitrogens is 3. The molecule has 0 radical (unpaired) electrons. The summed E-state index contributed by atoms with van der Waals surface area (Å²) in [5, 5.41) is 3.32. The summed E-state index contributed by atoms with van der Waals surface area (Å²) >= 11 is 0. The quantitative estimate of drug-likeness (QED) is 0.371. The Morgan fingerprint density at radius 2 is 1.82 bits per heavy atom. The lowest BCUT2D eigenvalue weighted by molar-refractivity contribution is 0.145. The number of alkyl halides is 3. The minimum atomic E-state index is -2.96. The number of nitrogens with zero attached hydrogens (tertiary/aromatic N) is 3. The monoisotopic (exact) mass is 496 g/mol. The van der Waals surface area contributed by atoms with E-state index in [1.807, 2.05) is 0 Å². The van der Waals surface area contributed by atoms with Gasteiger partial charge < -0.3 is 9.88 Å². The van der Waals surface area contributed by atoms with Crippen LogP contribution in [0.3, 0.4) is 0 Å². The molecule has 1 aliphatic heterocycles. The first-order valence-electron chi connectivity index (χ1n) is 10.9. The van der Waals surface area contributed by atoms with Crippen LogP contribution >= 0.6 is 7.14 Å². The van der Waals surface area contributed by atoms with Crippen molar-refractivity contribution in [3.05, 3.63) is 63.5 Å². The Morgan fingerprint density at radius 3 is 2.47 bits per heavy atom. The summed E-state index contributed by atoms with van der Waals surface area (Å²) in [6, 6.07) is 4.39. The number of pyridine rings is 1. The fourth-order valence-corrected chi connectivity index (χ4v) is 6.27. The summed E-state index contributed by atoms with van der Waals surface area (Å²) in [5.41, 5.74) is -3.00. The molecule has 0 amide bonds. The molecule has 1 aromatic carbocycles. The van der Waals surface area contributed by atoms with Crippen LogP contribution in [-0.2, 0) is 17.3 Å². The lowest BCUT2D eigenvalue weighted by Crippen LogP contribution is -2.36. The second-order valence-corrected chi connectivity index (χ2v) is 12.5. The van der Waals surface area contributed by atoms with Gasteiger partial charge in [-0.3, -0.25) is 9.36 Å². The molecule has 0 aliphatic carbocycles. The highest BCUT2D eigenvalue weighted by atomic mass is 31.2. The zero-order chi connectivity index (χ0) is 24.8. The molecule has 4 rings (SSSR count). The van der Waals surface area contributed by atoms with E-state index in [0.29, 0.717) is 5.39 Å². The molecule has 182 valence electrons. The van der Waals surface area contributed by atoms with Crippen LogP contribution in [0.15, 0.2) is 35.4 Å². The van der Waals surface area contributed by atoms with Gasteiger partial charge in [-0.05, 0) is 32.5 Å². The Bertz CT molecular complexity index is 1350. The maximum atomic E-state index is 15.9. The predicted molar refractivity (Wildman–Crippen MR) is 123 cm³/mol. The van der Waals surface area contributed by atoms with Crippen molar-refractivity contribution in [2.75, 3.05) is 24.3 Å². The summed E-state index contributed by atoms with van der Waals surface area (Å²) in [6.07, 6.45) is -1.39. The molecule has 1 saturated heterocycles. The lowest BCUT2D eigenvalue weighted by Gasteiger charge is -2.33. The average Bonchev–Trinajstić information content (AvgIpc) is 2.78. The molecule has 6 nitrogen and oxygen atoms in total. The normalized spacial score (nSPS) is 23.9. The Morgan fingerprint density at radius 1 is 1.18 bits per heavy atom. The third-order valence-electron chi connectivity index (χ3n) is 6.56. The van der Waals surface area contributed by atoms with Crippen molar-refractivity contribution < 1.29 is 22.1 Å². The summed E-state index contributed by atoms with van der Waals surface area (Å²) in [7, 11) is -0.946. The second-order valence-electron chi connectivity index (χ2n) is 9.01. The number of aryl methyl sites for hydroxylation is 1. The van der Waals surface area contributed by atoms with E-state index >= 15 is 4.39 Å². The molecule has 0 bridgehead atoms. The van der Waals surface area contributed by atoms with Crippen molar-refractivity contribution in [2.24, 2.45) is 7.05 Å². The maximum Gasteiger partial charge on any atom is 0.266 e. The molecule has 1 N–H and O–H groups in total. The first-order chi connectivity index (χ1) is 15.9. The van der Waals surface area contributed by atoms with Crippen LogP contribution in [0.25, 0.3) is 11.0 Å². The number of benzene rings is 1. The van der Waals surface area contributed by atoms with Crippen LogP contribution in [0.2, 0.25) is 0 Å². The molecule has 3 aromatic rings. The Labute approximate surface area is 193 Å². The zero-order valence-corrected chi connectivity index (χ0v) is 19.9. The molecule has 1 atom stereocenters. The van der Waals surface area contributed by atoms with Gasteiger partial charge in [0.25, 0.3) is 12.0 Å². The Kier molecular flexibility index (Phi) is 6.31. The molecule has 2 aromatic heterocycles. The molecule has 1 fully saturated rings. The molecule has 0 unspecified atom stereocenters. The second kappa shape index (κ2) is 8.80. The average molecular weight is 496 g/mol. The van der Waals surface area contributed by atoms with E-state index in [4.69, 9.17) is 0 Å².